The number of aromatic nitrogens is 2. The molecule has 12 nitrogen and oxygen atoms in total. The topological polar surface area (TPSA) is 108 Å². The minimum absolute atomic E-state index is 0.0290. The van der Waals surface area contributed by atoms with Gasteiger partial charge in [-0.25, -0.2) is 20.0 Å². The van der Waals surface area contributed by atoms with Crippen molar-refractivity contribution in [3.8, 4) is 67.4 Å². The van der Waals surface area contributed by atoms with Crippen molar-refractivity contribution in [2.75, 3.05) is 19.6 Å². The minimum atomic E-state index is -0.0320. The third-order valence-electron chi connectivity index (χ3n) is 22.9. The van der Waals surface area contributed by atoms with Crippen molar-refractivity contribution < 1.29 is 18.3 Å². The largest absolute Gasteiger partial charge is 0.467 e. The van der Waals surface area contributed by atoms with E-state index in [1.54, 1.807) is 0 Å². The number of aliphatic imine (C=N–C) groups is 2. The van der Waals surface area contributed by atoms with Crippen molar-refractivity contribution in [3.05, 3.63) is 472 Å². The van der Waals surface area contributed by atoms with E-state index in [0.29, 0.717) is 23.6 Å². The Kier molecular flexibility index (Phi) is 20.4. The minimum Gasteiger partial charge on any atom is -0.467 e. The van der Waals surface area contributed by atoms with Crippen LogP contribution >= 0.6 is 0 Å². The molecular weight excluding hydrogens is 1520 g/mol. The summed E-state index contributed by atoms with van der Waals surface area (Å²) in [5, 5.41) is 0. The Morgan fingerprint density at radius 2 is 0.427 bits per heavy atom. The molecule has 0 saturated carbocycles. The van der Waals surface area contributed by atoms with Gasteiger partial charge in [0.2, 0.25) is 23.6 Å². The lowest BCUT2D eigenvalue weighted by atomic mass is 9.98. The van der Waals surface area contributed by atoms with Gasteiger partial charge >= 0.3 is 0 Å². The number of ether oxygens (including phenoxy) is 2. The summed E-state index contributed by atoms with van der Waals surface area (Å²) in [6.07, 6.45) is 16.3. The van der Waals surface area contributed by atoms with E-state index in [2.05, 4.69) is 384 Å². The maximum Gasteiger partial charge on any atom is 0.227 e. The molecule has 0 radical (unpaired) electrons. The van der Waals surface area contributed by atoms with Gasteiger partial charge in [0.25, 0.3) is 0 Å². The van der Waals surface area contributed by atoms with Gasteiger partial charge in [-0.1, -0.05) is 225 Å². The van der Waals surface area contributed by atoms with Gasteiger partial charge in [0.05, 0.1) is 0 Å². The lowest BCUT2D eigenvalue weighted by molar-refractivity contribution is 0.255. The highest BCUT2D eigenvalue weighted by Crippen LogP contribution is 2.44. The summed E-state index contributed by atoms with van der Waals surface area (Å²) < 4.78 is 24.4. The molecule has 4 unspecified atom stereocenters. The molecule has 12 heteroatoms. The second kappa shape index (κ2) is 33.8. The number of rotatable bonds is 20. The smallest absolute Gasteiger partial charge is 0.227 e. The van der Waals surface area contributed by atoms with Crippen molar-refractivity contribution in [1.82, 2.24) is 9.97 Å². The summed E-state index contributed by atoms with van der Waals surface area (Å²) in [4.78, 5) is 28.1. The van der Waals surface area contributed by atoms with Gasteiger partial charge in [-0.3, -0.25) is 0 Å². The van der Waals surface area contributed by atoms with Crippen LogP contribution in [-0.2, 0) is 9.47 Å². The average Bonchev–Trinajstić information content (AvgIpc) is 1.73. The van der Waals surface area contributed by atoms with Gasteiger partial charge in [-0.2, -0.15) is 0 Å². The number of benzene rings is 16. The van der Waals surface area contributed by atoms with Crippen LogP contribution < -0.4 is 19.6 Å². The molecule has 2 aromatic heterocycles. The number of nitrogens with zero attached hydrogens (tertiary/aromatic N) is 8. The first-order valence-electron chi connectivity index (χ1n) is 41.7. The Balaban J connectivity index is 0.000000152. The fourth-order valence-electron chi connectivity index (χ4n) is 16.5. The van der Waals surface area contributed by atoms with E-state index in [4.69, 9.17) is 38.3 Å². The normalized spacial score (nSPS) is 15.2. The molecule has 0 amide bonds. The summed E-state index contributed by atoms with van der Waals surface area (Å²) in [6.45, 7) is 0. The molecule has 2 aliphatic heterocycles. The predicted octanol–water partition coefficient (Wildman–Crippen LogP) is 28.8. The Labute approximate surface area is 719 Å². The highest BCUT2D eigenvalue weighted by Gasteiger charge is 2.31. The standard InChI is InChI=1S/2C56H40N4O2/c1-3-14-45(15-4-1)59(49-34-26-41(27-35-49)55-57-51-18-7-9-20-53(51)61-55)47-30-22-39(23-31-47)43-12-11-13-44(38-43)40-24-32-48(33-25-40)60(46-16-5-2-6-17-46)50-36-28-42(29-37-50)56-58-52-19-8-10-21-54(52)62-56;1-3-11-45(12-4-1)59(49-35-27-43(28-36-49)55-57-51-15-7-9-17-53(51)61-55)47-31-23-41(24-32-47)39-19-21-40(22-20-39)42-25-33-48(34-26-42)60(46-13-5-2-6-14-46)50-37-29-44(30-38-50)56-58-52-16-8-10-18-54(52)62-56/h2*1-38,51,53H. The fourth-order valence-corrected chi connectivity index (χ4v) is 16.5. The SMILES string of the molecule is C1=CC2N=C(c3ccc(N(c4ccccc4)c4ccc(-c5ccc(-c6ccc(N(c7ccccc7)c7ccc(-c8nc9ccccc9o8)cc7)cc6)cc5)cc4)cc3)OC2C=C1.C1=CC2N=C(c3ccc(N(c4ccccc4)c4ccc(-c5cccc(-c6ccc(N(c7ccccc7)c7ccc(-c8nc9ccccc9o8)cc7)cc6)c5)cc4)cc3)OC2C=C1. The van der Waals surface area contributed by atoms with E-state index in [-0.39, 0.29) is 24.3 Å². The van der Waals surface area contributed by atoms with E-state index in [9.17, 15) is 0 Å². The first kappa shape index (κ1) is 75.1. The molecule has 0 fully saturated rings. The van der Waals surface area contributed by atoms with E-state index >= 15 is 0 Å². The second-order valence-corrected chi connectivity index (χ2v) is 30.7. The quantitative estimate of drug-likeness (QED) is 0.0732. The summed E-state index contributed by atoms with van der Waals surface area (Å²) in [5.74, 6) is 2.60. The van der Waals surface area contributed by atoms with Crippen molar-refractivity contribution in [3.63, 3.8) is 0 Å². The molecule has 124 heavy (non-hydrogen) atoms. The summed E-state index contributed by atoms with van der Waals surface area (Å²) >= 11 is 0. The Hall–Kier alpha value is -16.4. The van der Waals surface area contributed by atoms with Crippen molar-refractivity contribution in [2.45, 2.75) is 24.3 Å². The number of allylic oxidation sites excluding steroid dienone is 4. The van der Waals surface area contributed by atoms with Crippen LogP contribution in [0, 0.1) is 0 Å². The monoisotopic (exact) mass is 1600 g/mol. The Morgan fingerprint density at radius 3 is 0.710 bits per heavy atom. The molecule has 2 aliphatic carbocycles. The zero-order valence-electron chi connectivity index (χ0n) is 67.4. The van der Waals surface area contributed by atoms with Crippen LogP contribution in [0.5, 0.6) is 0 Å². The molecule has 4 atom stereocenters. The zero-order chi connectivity index (χ0) is 82.5. The molecule has 0 N–H and O–H groups in total. The van der Waals surface area contributed by atoms with Gasteiger partial charge in [0, 0.05) is 90.5 Å². The molecule has 0 saturated heterocycles. The van der Waals surface area contributed by atoms with Crippen molar-refractivity contribution >= 4 is 102 Å². The maximum absolute atomic E-state index is 6.18. The lowest BCUT2D eigenvalue weighted by Gasteiger charge is -2.26. The van der Waals surface area contributed by atoms with E-state index in [1.807, 2.05) is 97.1 Å². The third-order valence-corrected chi connectivity index (χ3v) is 22.9. The van der Waals surface area contributed by atoms with Crippen LogP contribution in [0.1, 0.15) is 11.1 Å². The molecule has 0 spiro atoms. The Morgan fingerprint density at radius 1 is 0.194 bits per heavy atom. The van der Waals surface area contributed by atoms with Gasteiger partial charge < -0.3 is 37.9 Å². The fraction of sp³-hybridized carbons (Fsp3) is 0.0357. The molecule has 18 aromatic rings. The highest BCUT2D eigenvalue weighted by molar-refractivity contribution is 5.98. The van der Waals surface area contributed by atoms with Crippen LogP contribution in [0.3, 0.4) is 0 Å². The summed E-state index contributed by atoms with van der Waals surface area (Å²) in [5.41, 5.74) is 29.1. The average molecular weight is 1600 g/mol. The van der Waals surface area contributed by atoms with Crippen LogP contribution in [0.2, 0.25) is 0 Å². The lowest BCUT2D eigenvalue weighted by Crippen LogP contribution is -2.19. The molecule has 592 valence electrons. The van der Waals surface area contributed by atoms with E-state index in [1.165, 1.54) is 0 Å². The van der Waals surface area contributed by atoms with Gasteiger partial charge in [0.1, 0.15) is 35.3 Å². The summed E-state index contributed by atoms with van der Waals surface area (Å²) in [6, 6.07) is 144. The molecular formula is C112H80N8O4. The number of fused-ring (bicyclic) bond motifs is 4. The van der Waals surface area contributed by atoms with Gasteiger partial charge in [-0.15, -0.1) is 0 Å². The number of hydrogen-bond donors (Lipinski definition) is 0. The molecule has 0 bridgehead atoms. The number of para-hydroxylation sites is 8. The molecule has 4 heterocycles. The van der Waals surface area contributed by atoms with E-state index in [0.717, 1.165) is 157 Å². The third kappa shape index (κ3) is 15.6. The number of anilines is 12. The van der Waals surface area contributed by atoms with Crippen molar-refractivity contribution in [2.24, 2.45) is 9.98 Å². The first-order valence-corrected chi connectivity index (χ1v) is 41.7. The van der Waals surface area contributed by atoms with E-state index < -0.39 is 0 Å². The predicted molar refractivity (Wildman–Crippen MR) is 506 cm³/mol. The van der Waals surface area contributed by atoms with Crippen LogP contribution in [0.25, 0.3) is 89.6 Å². The van der Waals surface area contributed by atoms with Crippen LogP contribution in [0.15, 0.2) is 480 Å². The maximum atomic E-state index is 6.18. The van der Waals surface area contributed by atoms with Gasteiger partial charge in [-0.05, 0) is 281 Å². The zero-order valence-corrected chi connectivity index (χ0v) is 67.4. The first-order chi connectivity index (χ1) is 61.4. The number of oxazole rings is 2. The van der Waals surface area contributed by atoms with Crippen LogP contribution in [0.4, 0.5) is 68.2 Å². The molecule has 16 aromatic carbocycles. The summed E-state index contributed by atoms with van der Waals surface area (Å²) in [7, 11) is 0. The van der Waals surface area contributed by atoms with Crippen LogP contribution in [-0.4, -0.2) is 46.1 Å². The Bertz CT molecular complexity index is 6930. The van der Waals surface area contributed by atoms with Gasteiger partial charge in [0.15, 0.2) is 11.2 Å². The highest BCUT2D eigenvalue weighted by atomic mass is 16.5. The second-order valence-electron chi connectivity index (χ2n) is 30.7. The van der Waals surface area contributed by atoms with Crippen molar-refractivity contribution in [1.29, 1.82) is 0 Å². The number of hydrogen-bond acceptors (Lipinski definition) is 12. The molecule has 4 aliphatic rings. The molecule has 22 rings (SSSR count).